The quantitative estimate of drug-likeness (QED) is 0.356. The maximum absolute atomic E-state index is 10.2. The molecule has 35 heavy (non-hydrogen) atoms. The van der Waals surface area contributed by atoms with E-state index >= 15 is 0 Å². The van der Waals surface area contributed by atoms with Crippen molar-refractivity contribution >= 4 is 16.9 Å². The monoisotopic (exact) mass is 474 g/mol. The van der Waals surface area contributed by atoms with Crippen LogP contribution in [0.3, 0.4) is 0 Å². The summed E-state index contributed by atoms with van der Waals surface area (Å²) >= 11 is 0. The number of hydrogen-bond donors (Lipinski definition) is 2. The topological polar surface area (TPSA) is 97.6 Å². The fourth-order valence-corrected chi connectivity index (χ4v) is 4.20. The molecule has 0 bridgehead atoms. The highest BCUT2D eigenvalue weighted by Gasteiger charge is 2.13. The number of phenols is 1. The number of phenolic OH excluding ortho intramolecular Hbond substituents is 1. The van der Waals surface area contributed by atoms with E-state index in [9.17, 15) is 5.11 Å². The summed E-state index contributed by atoms with van der Waals surface area (Å²) in [5.41, 5.74) is 3.83. The van der Waals surface area contributed by atoms with E-state index in [4.69, 9.17) is 9.47 Å². The fourth-order valence-electron chi connectivity index (χ4n) is 4.20. The van der Waals surface area contributed by atoms with Crippen molar-refractivity contribution in [3.63, 3.8) is 0 Å². The number of nitrogens with zero attached hydrogens (tertiary/aromatic N) is 5. The van der Waals surface area contributed by atoms with Crippen LogP contribution in [0.25, 0.3) is 16.7 Å². The number of morpholine rings is 1. The Bertz CT molecular complexity index is 1290. The van der Waals surface area contributed by atoms with E-state index in [2.05, 4.69) is 44.3 Å². The second-order valence-electron chi connectivity index (χ2n) is 8.67. The molecule has 1 aliphatic heterocycles. The highest BCUT2D eigenvalue weighted by atomic mass is 16.5. The van der Waals surface area contributed by atoms with Gasteiger partial charge < -0.3 is 19.9 Å². The minimum absolute atomic E-state index is 0.143. The van der Waals surface area contributed by atoms with Gasteiger partial charge in [0.1, 0.15) is 12.1 Å². The summed E-state index contributed by atoms with van der Waals surface area (Å²) in [6, 6.07) is 13.5. The van der Waals surface area contributed by atoms with Crippen LogP contribution in [-0.2, 0) is 11.3 Å². The van der Waals surface area contributed by atoms with Crippen molar-refractivity contribution in [2.45, 2.75) is 19.9 Å². The van der Waals surface area contributed by atoms with E-state index in [1.54, 1.807) is 18.6 Å². The van der Waals surface area contributed by atoms with E-state index in [0.717, 1.165) is 67.1 Å². The van der Waals surface area contributed by atoms with E-state index in [1.807, 2.05) is 28.9 Å². The molecular formula is C26H30N6O3. The van der Waals surface area contributed by atoms with Crippen LogP contribution >= 0.6 is 0 Å². The average Bonchev–Trinajstić information content (AvgIpc) is 3.32. The third kappa shape index (κ3) is 5.52. The Labute approximate surface area is 204 Å². The largest absolute Gasteiger partial charge is 0.504 e. The summed E-state index contributed by atoms with van der Waals surface area (Å²) in [7, 11) is 0. The predicted octanol–water partition coefficient (Wildman–Crippen LogP) is 3.54. The Kier molecular flexibility index (Phi) is 7.06. The Morgan fingerprint density at radius 3 is 2.86 bits per heavy atom. The number of aromatic hydroxyl groups is 1. The molecule has 4 aromatic rings. The van der Waals surface area contributed by atoms with Gasteiger partial charge in [-0.25, -0.2) is 14.6 Å². The van der Waals surface area contributed by atoms with Gasteiger partial charge in [0.2, 0.25) is 0 Å². The zero-order chi connectivity index (χ0) is 24.0. The molecule has 182 valence electrons. The molecule has 0 spiro atoms. The van der Waals surface area contributed by atoms with Crippen molar-refractivity contribution in [3.8, 4) is 17.2 Å². The number of nitrogens with one attached hydrogen (secondary N) is 1. The molecule has 0 saturated carbocycles. The molecule has 1 fully saturated rings. The first-order valence-corrected chi connectivity index (χ1v) is 11.9. The lowest BCUT2D eigenvalue weighted by Gasteiger charge is -2.26. The van der Waals surface area contributed by atoms with Gasteiger partial charge in [-0.15, -0.1) is 0 Å². The zero-order valence-corrected chi connectivity index (χ0v) is 19.9. The number of hydrogen-bond acceptors (Lipinski definition) is 8. The molecule has 0 atom stereocenters. The van der Waals surface area contributed by atoms with E-state index in [-0.39, 0.29) is 5.75 Å². The summed E-state index contributed by atoms with van der Waals surface area (Å²) in [6.07, 6.45) is 4.21. The van der Waals surface area contributed by atoms with Gasteiger partial charge in [-0.1, -0.05) is 18.2 Å². The third-order valence-electron chi connectivity index (χ3n) is 6.08. The molecule has 0 radical (unpaired) electrons. The van der Waals surface area contributed by atoms with Crippen molar-refractivity contribution in [3.05, 3.63) is 66.1 Å². The van der Waals surface area contributed by atoms with Crippen LogP contribution in [0.4, 0.5) is 5.82 Å². The Hall–Kier alpha value is -3.69. The molecule has 1 saturated heterocycles. The Morgan fingerprint density at radius 1 is 1.11 bits per heavy atom. The molecule has 2 N–H and O–H groups in total. The standard InChI is InChI=1S/C26H30N6O3/c1-19-4-2-5-21(14-19)32-26-22(17-30-32)25(28-18-29-26)27-16-20-6-7-23(33)24(15-20)35-11-3-8-31-9-12-34-13-10-31/h2,4-7,14-15,17-18,33H,3,8-13,16H2,1H3,(H,27,28,29). The molecule has 9 heteroatoms. The van der Waals surface area contributed by atoms with Crippen LogP contribution in [0.2, 0.25) is 0 Å². The van der Waals surface area contributed by atoms with Crippen LogP contribution in [0.15, 0.2) is 55.0 Å². The summed E-state index contributed by atoms with van der Waals surface area (Å²) in [5, 5.41) is 19.0. The van der Waals surface area contributed by atoms with Gasteiger partial charge in [-0.3, -0.25) is 4.90 Å². The van der Waals surface area contributed by atoms with Crippen LogP contribution in [-0.4, -0.2) is 69.2 Å². The first-order chi connectivity index (χ1) is 17.2. The molecule has 2 aromatic heterocycles. The fraction of sp³-hybridized carbons (Fsp3) is 0.346. The second-order valence-corrected chi connectivity index (χ2v) is 8.67. The first-order valence-electron chi connectivity index (χ1n) is 11.9. The Balaban J connectivity index is 1.23. The van der Waals surface area contributed by atoms with Gasteiger partial charge in [-0.05, 0) is 48.7 Å². The van der Waals surface area contributed by atoms with Gasteiger partial charge >= 0.3 is 0 Å². The van der Waals surface area contributed by atoms with Crippen molar-refractivity contribution < 1.29 is 14.6 Å². The smallest absolute Gasteiger partial charge is 0.168 e. The van der Waals surface area contributed by atoms with Crippen LogP contribution in [0.1, 0.15) is 17.5 Å². The minimum Gasteiger partial charge on any atom is -0.504 e. The highest BCUT2D eigenvalue weighted by Crippen LogP contribution is 2.28. The second kappa shape index (κ2) is 10.7. The normalized spacial score (nSPS) is 14.3. The predicted molar refractivity (Wildman–Crippen MR) is 134 cm³/mol. The number of ether oxygens (including phenoxy) is 2. The number of aromatic nitrogens is 4. The summed E-state index contributed by atoms with van der Waals surface area (Å²) < 4.78 is 13.1. The van der Waals surface area contributed by atoms with Crippen molar-refractivity contribution in [1.82, 2.24) is 24.6 Å². The summed E-state index contributed by atoms with van der Waals surface area (Å²) in [4.78, 5) is 11.2. The highest BCUT2D eigenvalue weighted by molar-refractivity contribution is 5.87. The molecule has 0 aliphatic carbocycles. The van der Waals surface area contributed by atoms with Gasteiger partial charge in [-0.2, -0.15) is 5.10 Å². The van der Waals surface area contributed by atoms with E-state index in [1.165, 1.54) is 0 Å². The van der Waals surface area contributed by atoms with Crippen molar-refractivity contribution in [2.75, 3.05) is 44.8 Å². The SMILES string of the molecule is Cc1cccc(-n2ncc3c(NCc4ccc(O)c(OCCCN5CCOCC5)c4)ncnc32)c1. The molecule has 2 aromatic carbocycles. The minimum atomic E-state index is 0.143. The summed E-state index contributed by atoms with van der Waals surface area (Å²) in [6.45, 7) is 7.60. The van der Waals surface area contributed by atoms with E-state index < -0.39 is 0 Å². The van der Waals surface area contributed by atoms with Gasteiger partial charge in [0.15, 0.2) is 17.1 Å². The molecule has 0 amide bonds. The number of benzene rings is 2. The van der Waals surface area contributed by atoms with Crippen LogP contribution < -0.4 is 10.1 Å². The van der Waals surface area contributed by atoms with Gasteiger partial charge in [0.25, 0.3) is 0 Å². The number of fused-ring (bicyclic) bond motifs is 1. The molecule has 9 nitrogen and oxygen atoms in total. The molecule has 0 unspecified atom stereocenters. The maximum Gasteiger partial charge on any atom is 0.168 e. The first kappa shape index (κ1) is 23.1. The number of aryl methyl sites for hydroxylation is 1. The van der Waals surface area contributed by atoms with Gasteiger partial charge in [0, 0.05) is 26.2 Å². The Morgan fingerprint density at radius 2 is 2.00 bits per heavy atom. The molecular weight excluding hydrogens is 444 g/mol. The van der Waals surface area contributed by atoms with Gasteiger partial charge in [0.05, 0.1) is 37.1 Å². The molecule has 1 aliphatic rings. The molecule has 3 heterocycles. The molecule has 5 rings (SSSR count). The number of rotatable bonds is 9. The van der Waals surface area contributed by atoms with Crippen LogP contribution in [0, 0.1) is 6.92 Å². The number of anilines is 1. The summed E-state index contributed by atoms with van der Waals surface area (Å²) in [5.74, 6) is 1.34. The maximum atomic E-state index is 10.2. The van der Waals surface area contributed by atoms with Crippen molar-refractivity contribution in [2.24, 2.45) is 0 Å². The lowest BCUT2D eigenvalue weighted by Crippen LogP contribution is -2.37. The lowest BCUT2D eigenvalue weighted by molar-refractivity contribution is 0.0357. The lowest BCUT2D eigenvalue weighted by atomic mass is 10.2. The van der Waals surface area contributed by atoms with Crippen molar-refractivity contribution in [1.29, 1.82) is 0 Å². The average molecular weight is 475 g/mol. The van der Waals surface area contributed by atoms with E-state index in [0.29, 0.717) is 24.7 Å². The van der Waals surface area contributed by atoms with Crippen LogP contribution in [0.5, 0.6) is 11.5 Å². The third-order valence-corrected chi connectivity index (χ3v) is 6.08. The zero-order valence-electron chi connectivity index (χ0n) is 19.9.